The molecule has 0 aromatic carbocycles. The molecule has 0 aromatic rings. The number of aliphatic hydroxyl groups is 3. The molecule has 12 heteroatoms. The predicted octanol–water partition coefficient (Wildman–Crippen LogP) is 2.10. The van der Waals surface area contributed by atoms with Crippen molar-refractivity contribution in [2.45, 2.75) is 199 Å². The third-order valence-electron chi connectivity index (χ3n) is 14.8. The van der Waals surface area contributed by atoms with Crippen molar-refractivity contribution >= 4 is 11.8 Å². The van der Waals surface area contributed by atoms with Crippen molar-refractivity contribution in [1.29, 1.82) is 0 Å². The predicted molar refractivity (Wildman–Crippen MR) is 201 cm³/mol. The van der Waals surface area contributed by atoms with Gasteiger partial charge in [-0.1, -0.05) is 62.3 Å². The maximum Gasteiger partial charge on any atom is 1.00 e. The summed E-state index contributed by atoms with van der Waals surface area (Å²) in [5.41, 5.74) is -1.64. The maximum absolute atomic E-state index is 14.5. The summed E-state index contributed by atoms with van der Waals surface area (Å²) in [6, 6.07) is 0. The van der Waals surface area contributed by atoms with E-state index in [9.17, 15) is 30.0 Å². The second-order valence-corrected chi connectivity index (χ2v) is 18.5. The van der Waals surface area contributed by atoms with Crippen LogP contribution < -0.4 is 34.7 Å². The fraction of sp³-hybridized carbons (Fsp3) is 0.907. The Labute approximate surface area is 352 Å². The number of carbonyl (C=O) groups excluding carboxylic acids is 2. The van der Waals surface area contributed by atoms with E-state index in [1.807, 2.05) is 48.5 Å². The number of aliphatic hydroxyl groups excluding tert-OH is 2. The first-order valence-corrected chi connectivity index (χ1v) is 21.1. The number of ketones is 1. The zero-order chi connectivity index (χ0) is 40.1. The Morgan fingerprint density at radius 2 is 1.49 bits per heavy atom. The molecule has 55 heavy (non-hydrogen) atoms. The average Bonchev–Trinajstić information content (AvgIpc) is 3.47. The Morgan fingerprint density at radius 1 is 0.873 bits per heavy atom. The van der Waals surface area contributed by atoms with Gasteiger partial charge < -0.3 is 48.9 Å². The van der Waals surface area contributed by atoms with Gasteiger partial charge in [0.05, 0.1) is 47.8 Å². The van der Waals surface area contributed by atoms with E-state index in [2.05, 4.69) is 20.8 Å². The van der Waals surface area contributed by atoms with Gasteiger partial charge in [-0.15, -0.1) is 0 Å². The Bertz CT molecular complexity index is 1360. The van der Waals surface area contributed by atoms with E-state index in [0.29, 0.717) is 51.4 Å². The Morgan fingerprint density at radius 3 is 2.07 bits per heavy atom. The molecule has 0 aromatic heterocycles. The van der Waals surface area contributed by atoms with Crippen molar-refractivity contribution in [2.24, 2.45) is 47.3 Å². The van der Waals surface area contributed by atoms with Crippen LogP contribution in [0.5, 0.6) is 0 Å². The number of ether oxygens (including phenoxy) is 5. The first-order chi connectivity index (χ1) is 25.2. The third-order valence-corrected chi connectivity index (χ3v) is 14.8. The molecule has 11 nitrogen and oxygen atoms in total. The van der Waals surface area contributed by atoms with Gasteiger partial charge in [0.25, 0.3) is 0 Å². The summed E-state index contributed by atoms with van der Waals surface area (Å²) in [5.74, 6) is -6.29. The Balaban J connectivity index is 0.00000673. The second kappa shape index (κ2) is 18.0. The number of aliphatic carboxylic acids is 1. The number of hydrogen-bond donors (Lipinski definition) is 3. The summed E-state index contributed by atoms with van der Waals surface area (Å²) >= 11 is 0. The fourth-order valence-corrected chi connectivity index (χ4v) is 10.9. The molecule has 5 aliphatic rings. The molecule has 5 heterocycles. The van der Waals surface area contributed by atoms with Gasteiger partial charge in [-0.25, -0.2) is 0 Å². The Kier molecular flexibility index (Phi) is 15.5. The summed E-state index contributed by atoms with van der Waals surface area (Å²) < 4.78 is 33.6. The summed E-state index contributed by atoms with van der Waals surface area (Å²) in [6.07, 6.45) is 4.51. The van der Waals surface area contributed by atoms with E-state index in [1.54, 1.807) is 19.1 Å². The number of carbonyl (C=O) groups is 2. The van der Waals surface area contributed by atoms with Crippen LogP contribution >= 0.6 is 0 Å². The van der Waals surface area contributed by atoms with Crippen molar-refractivity contribution < 1.29 is 83.3 Å². The zero-order valence-corrected chi connectivity index (χ0v) is 37.8. The SMILES string of the molecule is CC[C@H](C(=O)[C@H](C)[C@H](O)[C@@H](C)[C@H]1O[C@H]([C@H](CC)C(=O)[O-])[C@H](C)C[C@H]1C)[C@@H]1O[C@@]2(C=C[C@H](O)[C@@]3(CC[C@](C)([C@@H]4CC[C@@](O)(CC)[C@@H](C)O4)O3)O2)[C@@H](C)C[C@H]1C.[Na+]. The third kappa shape index (κ3) is 8.89. The van der Waals surface area contributed by atoms with Crippen molar-refractivity contribution in [2.75, 3.05) is 0 Å². The van der Waals surface area contributed by atoms with Crippen LogP contribution in [0, 0.1) is 47.3 Å². The second-order valence-electron chi connectivity index (χ2n) is 18.5. The number of carboxylic acid groups (broad SMARTS) is 1. The molecule has 2 spiro atoms. The van der Waals surface area contributed by atoms with E-state index in [-0.39, 0.29) is 71.2 Å². The smallest absolute Gasteiger partial charge is 0.550 e. The molecule has 0 bridgehead atoms. The zero-order valence-electron chi connectivity index (χ0n) is 35.8. The van der Waals surface area contributed by atoms with Crippen LogP contribution in [0.15, 0.2) is 12.2 Å². The molecule has 19 atom stereocenters. The van der Waals surface area contributed by atoms with Gasteiger partial charge in [0, 0.05) is 42.0 Å². The van der Waals surface area contributed by atoms with Crippen molar-refractivity contribution in [1.82, 2.24) is 0 Å². The molecule has 5 aliphatic heterocycles. The number of Topliss-reactive ketones (excluding diaryl/α,β-unsaturated/α-hetero) is 1. The maximum atomic E-state index is 14.5. The van der Waals surface area contributed by atoms with Crippen LogP contribution in [0.1, 0.15) is 134 Å². The van der Waals surface area contributed by atoms with Gasteiger partial charge in [-0.05, 0) is 95.1 Å². The largest absolute Gasteiger partial charge is 1.00 e. The molecule has 0 saturated carbocycles. The molecule has 0 aliphatic carbocycles. The molecule has 4 fully saturated rings. The van der Waals surface area contributed by atoms with Crippen molar-refractivity contribution in [3.05, 3.63) is 12.2 Å². The number of rotatable bonds is 12. The first kappa shape index (κ1) is 47.2. The minimum atomic E-state index is -1.38. The monoisotopic (exact) mass is 786 g/mol. The van der Waals surface area contributed by atoms with Crippen LogP contribution in [0.4, 0.5) is 0 Å². The standard InChI is InChI=1S/C43H72O11.Na/c1-12-30(35(46)27(8)34(45)28(9)36-23(4)21-24(5)37(51-36)31(13-2)39(47)48)38-25(6)22-26(7)42(52-38)18-15-32(44)43(54-42)20-19-40(11,53-43)33-16-17-41(49,14-3)29(10)50-33;/h15,18,23-34,36-38,44-45,49H,12-14,16-17,19-22H2,1-11H3,(H,47,48);/q;+1/p-1/t23-,24-,25-,26+,27-,28-,29-,30-,31+,32+,33+,34+,36+,37+,38-,40-,41+,42-,43-;/m1./s1. The molecule has 0 radical (unpaired) electrons. The van der Waals surface area contributed by atoms with E-state index in [1.165, 1.54) is 0 Å². The number of hydrogen-bond acceptors (Lipinski definition) is 11. The van der Waals surface area contributed by atoms with Gasteiger partial charge in [0.1, 0.15) is 11.9 Å². The summed E-state index contributed by atoms with van der Waals surface area (Å²) in [4.78, 5) is 26.4. The van der Waals surface area contributed by atoms with Crippen molar-refractivity contribution in [3.8, 4) is 0 Å². The van der Waals surface area contributed by atoms with Gasteiger partial charge >= 0.3 is 29.6 Å². The topological polar surface area (TPSA) is 164 Å². The van der Waals surface area contributed by atoms with E-state index in [4.69, 9.17) is 23.7 Å². The van der Waals surface area contributed by atoms with Crippen LogP contribution in [0.3, 0.4) is 0 Å². The molecule has 4 saturated heterocycles. The minimum absolute atomic E-state index is 0. The molecular formula is C43H71NaO11. The summed E-state index contributed by atoms with van der Waals surface area (Å²) in [5, 5.41) is 46.2. The van der Waals surface area contributed by atoms with Crippen LogP contribution in [0.2, 0.25) is 0 Å². The number of carboxylic acids is 1. The van der Waals surface area contributed by atoms with Crippen LogP contribution in [-0.2, 0) is 33.3 Å². The van der Waals surface area contributed by atoms with Gasteiger partial charge in [0.15, 0.2) is 5.79 Å². The molecular weight excluding hydrogens is 715 g/mol. The van der Waals surface area contributed by atoms with E-state index >= 15 is 0 Å². The molecule has 0 amide bonds. The minimum Gasteiger partial charge on any atom is -0.550 e. The van der Waals surface area contributed by atoms with Crippen LogP contribution in [0.25, 0.3) is 0 Å². The van der Waals surface area contributed by atoms with E-state index < -0.39 is 82.9 Å². The first-order valence-electron chi connectivity index (χ1n) is 21.1. The summed E-state index contributed by atoms with van der Waals surface area (Å²) in [6.45, 7) is 21.5. The molecule has 310 valence electrons. The fourth-order valence-electron chi connectivity index (χ4n) is 10.9. The average molecular weight is 787 g/mol. The molecule has 5 rings (SSSR count). The van der Waals surface area contributed by atoms with Crippen molar-refractivity contribution in [3.63, 3.8) is 0 Å². The molecule has 0 unspecified atom stereocenters. The quantitative estimate of drug-likeness (QED) is 0.196. The van der Waals surface area contributed by atoms with Gasteiger partial charge in [0.2, 0.25) is 5.79 Å². The van der Waals surface area contributed by atoms with Gasteiger partial charge in [-0.3, -0.25) is 4.79 Å². The normalized spacial score (nSPS) is 46.1. The van der Waals surface area contributed by atoms with Crippen LogP contribution in [-0.4, -0.2) is 92.6 Å². The van der Waals surface area contributed by atoms with Gasteiger partial charge in [-0.2, -0.15) is 0 Å². The van der Waals surface area contributed by atoms with E-state index in [0.717, 1.165) is 6.42 Å². The Hall–Kier alpha value is -0.440. The molecule has 3 N–H and O–H groups in total. The summed E-state index contributed by atoms with van der Waals surface area (Å²) in [7, 11) is 0.